The minimum Gasteiger partial charge on any atom is -0.324 e. The van der Waals surface area contributed by atoms with E-state index in [9.17, 15) is 0 Å². The van der Waals surface area contributed by atoms with Crippen molar-refractivity contribution >= 4 is 35.6 Å². The molecule has 0 fully saturated rings. The van der Waals surface area contributed by atoms with Crippen LogP contribution in [0, 0.1) is 0 Å². The molecule has 1 nitrogen and oxygen atoms in total. The van der Waals surface area contributed by atoms with Gasteiger partial charge in [0.05, 0.1) is 11.4 Å². The van der Waals surface area contributed by atoms with Crippen molar-refractivity contribution in [3.05, 3.63) is 69.2 Å². The fourth-order valence-corrected chi connectivity index (χ4v) is 2.74. The van der Waals surface area contributed by atoms with Crippen LogP contribution in [-0.4, -0.2) is 0 Å². The third-order valence-electron chi connectivity index (χ3n) is 3.41. The van der Waals surface area contributed by atoms with E-state index in [4.69, 9.17) is 33.0 Å². The summed E-state index contributed by atoms with van der Waals surface area (Å²) in [6.07, 6.45) is -1.51. The number of benzene rings is 2. The van der Waals surface area contributed by atoms with E-state index in [1.807, 2.05) is 6.07 Å². The van der Waals surface area contributed by atoms with Crippen molar-refractivity contribution in [1.29, 1.82) is 0 Å². The summed E-state index contributed by atoms with van der Waals surface area (Å²) in [7, 11) is 0. The van der Waals surface area contributed by atoms with Crippen LogP contribution >= 0.6 is 35.6 Å². The molecule has 106 valence electrons. The minimum atomic E-state index is -0.758. The van der Waals surface area contributed by atoms with E-state index >= 15 is 0 Å². The van der Waals surface area contributed by atoms with E-state index in [-0.39, 0.29) is 12.4 Å². The molecule has 0 saturated carbocycles. The van der Waals surface area contributed by atoms with E-state index in [0.29, 0.717) is 16.1 Å². The summed E-state index contributed by atoms with van der Waals surface area (Å²) in [4.78, 5) is 0. The van der Waals surface area contributed by atoms with Gasteiger partial charge in [-0.25, -0.2) is 0 Å². The first kappa shape index (κ1) is 11.9. The van der Waals surface area contributed by atoms with Crippen molar-refractivity contribution < 1.29 is 4.11 Å². The van der Waals surface area contributed by atoms with Crippen molar-refractivity contribution in [2.45, 2.75) is 24.8 Å². The van der Waals surface area contributed by atoms with Crippen molar-refractivity contribution in [3.63, 3.8) is 0 Å². The van der Waals surface area contributed by atoms with Crippen LogP contribution in [0.5, 0.6) is 0 Å². The van der Waals surface area contributed by atoms with E-state index in [1.165, 1.54) is 0 Å². The Morgan fingerprint density at radius 3 is 2.65 bits per heavy atom. The second kappa shape index (κ2) is 6.36. The van der Waals surface area contributed by atoms with Gasteiger partial charge in [0.1, 0.15) is 0 Å². The number of rotatable bonds is 1. The second-order valence-electron chi connectivity index (χ2n) is 4.60. The molecule has 0 spiro atoms. The Morgan fingerprint density at radius 2 is 1.90 bits per heavy atom. The van der Waals surface area contributed by atoms with Crippen molar-refractivity contribution in [2.24, 2.45) is 5.73 Å². The number of fused-ring (bicyclic) bond motifs is 1. The highest BCUT2D eigenvalue weighted by atomic mass is 35.5. The second-order valence-corrected chi connectivity index (χ2v) is 5.42. The predicted molar refractivity (Wildman–Crippen MR) is 88.2 cm³/mol. The zero-order chi connectivity index (χ0) is 16.0. The summed E-state index contributed by atoms with van der Waals surface area (Å²) in [6, 6.07) is 10.3. The van der Waals surface area contributed by atoms with Gasteiger partial charge in [-0.05, 0) is 41.6 Å². The van der Waals surface area contributed by atoms with Gasteiger partial charge in [-0.2, -0.15) is 0 Å². The lowest BCUT2D eigenvalue weighted by Crippen LogP contribution is -2.20. The molecule has 20 heavy (non-hydrogen) atoms. The molecular weight excluding hydrogens is 313 g/mol. The third-order valence-corrected chi connectivity index (χ3v) is 4.14. The summed E-state index contributed by atoms with van der Waals surface area (Å²) in [5.41, 5.74) is 8.39. The minimum absolute atomic E-state index is 0. The quantitative estimate of drug-likeness (QED) is 0.750. The molecule has 0 aliphatic heterocycles. The van der Waals surface area contributed by atoms with E-state index in [1.54, 1.807) is 30.3 Å². The number of hydrogen-bond donors (Lipinski definition) is 1. The van der Waals surface area contributed by atoms with Crippen LogP contribution in [0.3, 0.4) is 0 Å². The number of nitrogens with two attached hydrogens (primary N) is 1. The molecule has 0 aromatic heterocycles. The molecule has 2 aromatic carbocycles. The molecule has 4 heteroatoms. The molecule has 0 saturated heterocycles. The maximum Gasteiger partial charge on any atom is 0.0626 e. The standard InChI is InChI=1S/C16H15Cl2N.ClH/c17-14-7-5-10(9-15(14)18)11-6-8-16(19)13-4-2-1-3-12(11)13;/h1-5,7,9,11,16H,6,8,19H2;1H/t11?,16-;/m0./s1/i3D,6D,8D;/t6?,8-,11?,16-;. The van der Waals surface area contributed by atoms with Crippen LogP contribution in [0.15, 0.2) is 42.4 Å². The highest BCUT2D eigenvalue weighted by Gasteiger charge is 2.26. The van der Waals surface area contributed by atoms with Gasteiger partial charge < -0.3 is 5.73 Å². The van der Waals surface area contributed by atoms with Gasteiger partial charge in [-0.15, -0.1) is 12.4 Å². The van der Waals surface area contributed by atoms with Gasteiger partial charge in [-0.3, -0.25) is 0 Å². The van der Waals surface area contributed by atoms with E-state index in [2.05, 4.69) is 0 Å². The molecule has 0 heterocycles. The summed E-state index contributed by atoms with van der Waals surface area (Å²) in [5.74, 6) is -0.402. The highest BCUT2D eigenvalue weighted by Crippen LogP contribution is 2.41. The molecule has 1 aliphatic rings. The van der Waals surface area contributed by atoms with E-state index in [0.717, 1.165) is 16.7 Å². The van der Waals surface area contributed by atoms with Gasteiger partial charge in [-0.1, -0.05) is 53.5 Å². The van der Waals surface area contributed by atoms with Crippen LogP contribution in [0.2, 0.25) is 10.0 Å². The molecule has 1 aliphatic carbocycles. The van der Waals surface area contributed by atoms with Crippen LogP contribution in [-0.2, 0) is 0 Å². The van der Waals surface area contributed by atoms with E-state index < -0.39 is 24.8 Å². The number of halogens is 3. The fourth-order valence-electron chi connectivity index (χ4n) is 2.44. The van der Waals surface area contributed by atoms with Crippen molar-refractivity contribution in [2.75, 3.05) is 0 Å². The van der Waals surface area contributed by atoms with Crippen LogP contribution in [0.4, 0.5) is 0 Å². The summed E-state index contributed by atoms with van der Waals surface area (Å²) >= 11 is 12.1. The first-order chi connectivity index (χ1) is 10.4. The average Bonchev–Trinajstić information content (AvgIpc) is 2.49. The van der Waals surface area contributed by atoms with Crippen LogP contribution < -0.4 is 5.73 Å². The Morgan fingerprint density at radius 1 is 1.10 bits per heavy atom. The van der Waals surface area contributed by atoms with Crippen molar-refractivity contribution in [1.82, 2.24) is 0 Å². The maximum atomic E-state index is 8.43. The zero-order valence-electron chi connectivity index (χ0n) is 13.5. The molecule has 2 N–H and O–H groups in total. The SMILES string of the molecule is Cl.[2H]c1cccc2c1C(c1ccc(Cl)c(Cl)c1)C([2H])[C@H]([2H])[C@@H]2N. The summed E-state index contributed by atoms with van der Waals surface area (Å²) in [5, 5.41) is 0.855. The zero-order valence-corrected chi connectivity index (χ0v) is 12.8. The Hall–Kier alpha value is -0.730. The van der Waals surface area contributed by atoms with Gasteiger partial charge in [0.25, 0.3) is 0 Å². The molecule has 2 unspecified atom stereocenters. The molecule has 3 rings (SSSR count). The van der Waals surface area contributed by atoms with Gasteiger partial charge in [0.15, 0.2) is 0 Å². The molecule has 0 amide bonds. The molecular formula is C16H16Cl3N. The summed E-state index contributed by atoms with van der Waals surface area (Å²) < 4.78 is 24.9. The third kappa shape index (κ3) is 2.82. The topological polar surface area (TPSA) is 26.0 Å². The van der Waals surface area contributed by atoms with Gasteiger partial charge >= 0.3 is 0 Å². The van der Waals surface area contributed by atoms with Gasteiger partial charge in [0.2, 0.25) is 0 Å². The lowest BCUT2D eigenvalue weighted by molar-refractivity contribution is 0.530. The Bertz CT molecular complexity index is 726. The Kier molecular flexibility index (Phi) is 3.78. The van der Waals surface area contributed by atoms with Crippen molar-refractivity contribution in [3.8, 4) is 0 Å². The first-order valence-corrected chi connectivity index (χ1v) is 6.82. The van der Waals surface area contributed by atoms with Crippen LogP contribution in [0.1, 0.15) is 45.6 Å². The molecule has 4 atom stereocenters. The van der Waals surface area contributed by atoms with Crippen LogP contribution in [0.25, 0.3) is 0 Å². The highest BCUT2D eigenvalue weighted by molar-refractivity contribution is 6.42. The summed E-state index contributed by atoms with van der Waals surface area (Å²) in [6.45, 7) is 0. The Balaban J connectivity index is 0.00000192. The normalized spacial score (nSPS) is 30.4. The maximum absolute atomic E-state index is 8.43. The van der Waals surface area contributed by atoms with Gasteiger partial charge in [0, 0.05) is 14.7 Å². The predicted octanol–water partition coefficient (Wildman–Crippen LogP) is 5.34. The fraction of sp³-hybridized carbons (Fsp3) is 0.250. The smallest absolute Gasteiger partial charge is 0.0626 e. The molecule has 0 radical (unpaired) electrons. The lowest BCUT2D eigenvalue weighted by Gasteiger charge is -2.30. The Labute approximate surface area is 139 Å². The lowest BCUT2D eigenvalue weighted by atomic mass is 9.77. The largest absolute Gasteiger partial charge is 0.324 e. The average molecular weight is 332 g/mol. The molecule has 0 bridgehead atoms. The molecule has 2 aromatic rings. The monoisotopic (exact) mass is 330 g/mol. The first-order valence-electron chi connectivity index (χ1n) is 7.71. The number of hydrogen-bond acceptors (Lipinski definition) is 1.